The SMILES string of the molecule is CCCC1CCc2c(sc(=O)n2Cc2cc(-c3cnn(C)c3)no2)C1. The maximum Gasteiger partial charge on any atom is 0.307 e. The van der Waals surface area contributed by atoms with Crippen LogP contribution < -0.4 is 4.87 Å². The van der Waals surface area contributed by atoms with Crippen LogP contribution in [0.3, 0.4) is 0 Å². The van der Waals surface area contributed by atoms with Crippen molar-refractivity contribution < 1.29 is 4.52 Å². The van der Waals surface area contributed by atoms with Gasteiger partial charge in [0.25, 0.3) is 0 Å². The van der Waals surface area contributed by atoms with E-state index in [2.05, 4.69) is 17.2 Å². The summed E-state index contributed by atoms with van der Waals surface area (Å²) in [6.07, 6.45) is 9.33. The molecular formula is C18H22N4O2S. The second kappa shape index (κ2) is 6.63. The Morgan fingerprint density at radius 2 is 2.32 bits per heavy atom. The van der Waals surface area contributed by atoms with Crippen LogP contribution in [-0.4, -0.2) is 19.5 Å². The summed E-state index contributed by atoms with van der Waals surface area (Å²) in [6, 6.07) is 1.90. The van der Waals surface area contributed by atoms with Crippen LogP contribution in [0.2, 0.25) is 0 Å². The van der Waals surface area contributed by atoms with Gasteiger partial charge in [0, 0.05) is 35.4 Å². The summed E-state index contributed by atoms with van der Waals surface area (Å²) in [6.45, 7) is 2.68. The summed E-state index contributed by atoms with van der Waals surface area (Å²) < 4.78 is 9.07. The first-order valence-electron chi connectivity index (χ1n) is 8.80. The highest BCUT2D eigenvalue weighted by Gasteiger charge is 2.24. The molecule has 0 radical (unpaired) electrons. The molecule has 0 saturated heterocycles. The van der Waals surface area contributed by atoms with Gasteiger partial charge in [0.1, 0.15) is 5.69 Å². The topological polar surface area (TPSA) is 65.8 Å². The fourth-order valence-corrected chi connectivity index (χ4v) is 4.81. The number of rotatable bonds is 5. The van der Waals surface area contributed by atoms with Crippen molar-refractivity contribution in [1.29, 1.82) is 0 Å². The Hall–Kier alpha value is -2.15. The van der Waals surface area contributed by atoms with Gasteiger partial charge in [0.2, 0.25) is 0 Å². The molecule has 0 saturated carbocycles. The van der Waals surface area contributed by atoms with Crippen molar-refractivity contribution in [3.8, 4) is 11.3 Å². The minimum atomic E-state index is 0.112. The van der Waals surface area contributed by atoms with E-state index < -0.39 is 0 Å². The van der Waals surface area contributed by atoms with Crippen LogP contribution in [0.1, 0.15) is 42.5 Å². The first-order chi connectivity index (χ1) is 12.1. The number of aromatic nitrogens is 4. The molecule has 0 N–H and O–H groups in total. The number of hydrogen-bond donors (Lipinski definition) is 0. The van der Waals surface area contributed by atoms with Gasteiger partial charge in [-0.3, -0.25) is 14.0 Å². The molecule has 4 rings (SSSR count). The van der Waals surface area contributed by atoms with Crippen molar-refractivity contribution in [2.24, 2.45) is 13.0 Å². The zero-order valence-electron chi connectivity index (χ0n) is 14.6. The lowest BCUT2D eigenvalue weighted by atomic mass is 9.88. The Bertz CT molecular complexity index is 933. The zero-order chi connectivity index (χ0) is 17.4. The standard InChI is InChI=1S/C18H22N4O2S/c1-3-4-12-5-6-16-17(7-12)25-18(23)22(16)11-14-8-15(20-24-14)13-9-19-21(2)10-13/h8-10,12H,3-7,11H2,1-2H3. The maximum atomic E-state index is 12.5. The van der Waals surface area contributed by atoms with Crippen LogP contribution in [0, 0.1) is 5.92 Å². The molecule has 1 unspecified atom stereocenters. The molecule has 7 heteroatoms. The van der Waals surface area contributed by atoms with Crippen molar-refractivity contribution in [2.75, 3.05) is 0 Å². The van der Waals surface area contributed by atoms with Crippen molar-refractivity contribution in [2.45, 2.75) is 45.6 Å². The quantitative estimate of drug-likeness (QED) is 0.702. The van der Waals surface area contributed by atoms with Crippen molar-refractivity contribution in [3.63, 3.8) is 0 Å². The molecule has 1 aliphatic rings. The molecule has 1 atom stereocenters. The number of thiazole rings is 1. The van der Waals surface area contributed by atoms with Gasteiger partial charge in [0.05, 0.1) is 12.7 Å². The summed E-state index contributed by atoms with van der Waals surface area (Å²) in [7, 11) is 1.87. The molecule has 0 bridgehead atoms. The molecule has 3 aromatic rings. The summed E-state index contributed by atoms with van der Waals surface area (Å²) in [4.78, 5) is 13.8. The summed E-state index contributed by atoms with van der Waals surface area (Å²) in [5, 5.41) is 8.27. The van der Waals surface area contributed by atoms with E-state index in [1.54, 1.807) is 10.9 Å². The van der Waals surface area contributed by atoms with Gasteiger partial charge in [-0.2, -0.15) is 5.10 Å². The van der Waals surface area contributed by atoms with Gasteiger partial charge in [-0.15, -0.1) is 0 Å². The Kier molecular flexibility index (Phi) is 4.33. The second-order valence-corrected chi connectivity index (χ2v) is 7.85. The third kappa shape index (κ3) is 3.20. The van der Waals surface area contributed by atoms with E-state index in [1.165, 1.54) is 41.2 Å². The van der Waals surface area contributed by atoms with Crippen LogP contribution in [-0.2, 0) is 26.4 Å². The van der Waals surface area contributed by atoms with Gasteiger partial charge in [-0.1, -0.05) is 36.3 Å². The molecule has 3 aromatic heterocycles. The average Bonchev–Trinajstić information content (AvgIpc) is 3.28. The maximum absolute atomic E-state index is 12.5. The molecule has 1 aliphatic carbocycles. The third-order valence-corrected chi connectivity index (χ3v) is 5.96. The van der Waals surface area contributed by atoms with E-state index in [0.29, 0.717) is 12.3 Å². The normalized spacial score (nSPS) is 17.0. The molecule has 3 heterocycles. The minimum Gasteiger partial charge on any atom is -0.359 e. The van der Waals surface area contributed by atoms with Gasteiger partial charge >= 0.3 is 4.87 Å². The zero-order valence-corrected chi connectivity index (χ0v) is 15.4. The van der Waals surface area contributed by atoms with Crippen LogP contribution in [0.5, 0.6) is 0 Å². The smallest absolute Gasteiger partial charge is 0.307 e. The van der Waals surface area contributed by atoms with Crippen molar-refractivity contribution >= 4 is 11.3 Å². The van der Waals surface area contributed by atoms with Crippen molar-refractivity contribution in [3.05, 3.63) is 44.5 Å². The lowest BCUT2D eigenvalue weighted by molar-refractivity contribution is 0.371. The van der Waals surface area contributed by atoms with Crippen molar-refractivity contribution in [1.82, 2.24) is 19.5 Å². The number of nitrogens with zero attached hydrogens (tertiary/aromatic N) is 4. The predicted molar refractivity (Wildman–Crippen MR) is 96.8 cm³/mol. The van der Waals surface area contributed by atoms with E-state index in [1.807, 2.05) is 23.9 Å². The molecule has 132 valence electrons. The fraction of sp³-hybridized carbons (Fsp3) is 0.500. The molecule has 0 amide bonds. The fourth-order valence-electron chi connectivity index (χ4n) is 3.67. The Balaban J connectivity index is 1.56. The van der Waals surface area contributed by atoms with E-state index in [4.69, 9.17) is 4.52 Å². The van der Waals surface area contributed by atoms with Crippen LogP contribution >= 0.6 is 11.3 Å². The van der Waals surface area contributed by atoms with E-state index >= 15 is 0 Å². The first kappa shape index (κ1) is 16.3. The highest BCUT2D eigenvalue weighted by atomic mass is 32.1. The van der Waals surface area contributed by atoms with Crippen LogP contribution in [0.4, 0.5) is 0 Å². The Labute approximate surface area is 150 Å². The molecule has 6 nitrogen and oxygen atoms in total. The van der Waals surface area contributed by atoms with E-state index in [-0.39, 0.29) is 4.87 Å². The van der Waals surface area contributed by atoms with E-state index in [9.17, 15) is 4.79 Å². The van der Waals surface area contributed by atoms with Gasteiger partial charge in [0.15, 0.2) is 5.76 Å². The highest BCUT2D eigenvalue weighted by Crippen LogP contribution is 2.30. The molecule has 0 aliphatic heterocycles. The monoisotopic (exact) mass is 358 g/mol. The minimum absolute atomic E-state index is 0.112. The molecule has 0 fully saturated rings. The number of aryl methyl sites for hydroxylation is 1. The van der Waals surface area contributed by atoms with Crippen LogP contribution in [0.15, 0.2) is 27.8 Å². The molecular weight excluding hydrogens is 336 g/mol. The largest absolute Gasteiger partial charge is 0.359 e. The predicted octanol–water partition coefficient (Wildman–Crippen LogP) is 3.25. The van der Waals surface area contributed by atoms with E-state index in [0.717, 1.165) is 30.0 Å². The Morgan fingerprint density at radius 3 is 3.08 bits per heavy atom. The van der Waals surface area contributed by atoms with Crippen LogP contribution in [0.25, 0.3) is 11.3 Å². The average molecular weight is 358 g/mol. The summed E-state index contributed by atoms with van der Waals surface area (Å²) >= 11 is 1.40. The molecule has 25 heavy (non-hydrogen) atoms. The molecule has 0 spiro atoms. The first-order valence-corrected chi connectivity index (χ1v) is 9.61. The van der Waals surface area contributed by atoms with Gasteiger partial charge < -0.3 is 4.52 Å². The second-order valence-electron chi connectivity index (χ2n) is 6.80. The number of fused-ring (bicyclic) bond motifs is 1. The Morgan fingerprint density at radius 1 is 1.44 bits per heavy atom. The summed E-state index contributed by atoms with van der Waals surface area (Å²) in [5.74, 6) is 1.43. The highest BCUT2D eigenvalue weighted by molar-refractivity contribution is 7.09. The third-order valence-electron chi connectivity index (χ3n) is 4.91. The lowest BCUT2D eigenvalue weighted by Gasteiger charge is -2.22. The molecule has 0 aromatic carbocycles. The number of hydrogen-bond acceptors (Lipinski definition) is 5. The lowest BCUT2D eigenvalue weighted by Crippen LogP contribution is -2.20. The summed E-state index contributed by atoms with van der Waals surface area (Å²) in [5.41, 5.74) is 2.87. The van der Waals surface area contributed by atoms with Gasteiger partial charge in [-0.25, -0.2) is 0 Å². The van der Waals surface area contributed by atoms with Gasteiger partial charge in [-0.05, 0) is 25.2 Å².